The predicted molar refractivity (Wildman–Crippen MR) is 88.1 cm³/mol. The quantitative estimate of drug-likeness (QED) is 0.730. The van der Waals surface area contributed by atoms with Crippen molar-refractivity contribution in [2.45, 2.75) is 52.1 Å². The van der Waals surface area contributed by atoms with E-state index in [2.05, 4.69) is 63.2 Å². The lowest BCUT2D eigenvalue weighted by atomic mass is 9.85. The second kappa shape index (κ2) is 5.93. The SMILES string of the molecule is CCCCC1Oc2ccccc2C1c1cc(C)cc(C)c1. The normalized spacial score (nSPS) is 20.1. The largest absolute Gasteiger partial charge is 0.489 e. The summed E-state index contributed by atoms with van der Waals surface area (Å²) in [4.78, 5) is 0. The molecule has 0 N–H and O–H groups in total. The van der Waals surface area contributed by atoms with E-state index in [4.69, 9.17) is 4.74 Å². The topological polar surface area (TPSA) is 9.23 Å². The van der Waals surface area contributed by atoms with Crippen LogP contribution in [-0.2, 0) is 0 Å². The van der Waals surface area contributed by atoms with Crippen LogP contribution in [0.1, 0.15) is 54.4 Å². The number of hydrogen-bond donors (Lipinski definition) is 0. The summed E-state index contributed by atoms with van der Waals surface area (Å²) in [5, 5.41) is 0. The minimum absolute atomic E-state index is 0.281. The second-order valence-electron chi connectivity index (χ2n) is 6.24. The molecule has 0 saturated carbocycles. The van der Waals surface area contributed by atoms with Crippen LogP contribution in [0.5, 0.6) is 5.75 Å². The number of hydrogen-bond acceptors (Lipinski definition) is 1. The van der Waals surface area contributed by atoms with Gasteiger partial charge in [-0.25, -0.2) is 0 Å². The Morgan fingerprint density at radius 3 is 2.43 bits per heavy atom. The summed E-state index contributed by atoms with van der Waals surface area (Å²) in [6.45, 7) is 6.60. The van der Waals surface area contributed by atoms with Crippen molar-refractivity contribution in [3.8, 4) is 5.75 Å². The number of para-hydroxylation sites is 1. The average molecular weight is 280 g/mol. The van der Waals surface area contributed by atoms with Crippen molar-refractivity contribution >= 4 is 0 Å². The number of benzene rings is 2. The molecule has 3 rings (SSSR count). The molecule has 0 bridgehead atoms. The molecule has 110 valence electrons. The first-order valence-corrected chi connectivity index (χ1v) is 8.03. The highest BCUT2D eigenvalue weighted by Gasteiger charge is 2.34. The highest BCUT2D eigenvalue weighted by atomic mass is 16.5. The molecule has 0 saturated heterocycles. The molecule has 1 heterocycles. The summed E-state index contributed by atoms with van der Waals surface area (Å²) in [6, 6.07) is 15.4. The average Bonchev–Trinajstić information content (AvgIpc) is 2.82. The molecule has 1 aliphatic rings. The van der Waals surface area contributed by atoms with E-state index in [0.29, 0.717) is 5.92 Å². The van der Waals surface area contributed by atoms with Gasteiger partial charge in [0, 0.05) is 11.5 Å². The van der Waals surface area contributed by atoms with Crippen molar-refractivity contribution in [3.05, 3.63) is 64.7 Å². The first-order chi connectivity index (χ1) is 10.2. The van der Waals surface area contributed by atoms with E-state index in [1.807, 2.05) is 0 Å². The molecule has 0 aliphatic carbocycles. The van der Waals surface area contributed by atoms with Gasteiger partial charge in [-0.1, -0.05) is 67.3 Å². The fourth-order valence-corrected chi connectivity index (χ4v) is 3.49. The van der Waals surface area contributed by atoms with Crippen molar-refractivity contribution < 1.29 is 4.74 Å². The number of ether oxygens (including phenoxy) is 1. The van der Waals surface area contributed by atoms with Gasteiger partial charge in [-0.15, -0.1) is 0 Å². The van der Waals surface area contributed by atoms with Crippen molar-refractivity contribution in [3.63, 3.8) is 0 Å². The first-order valence-electron chi connectivity index (χ1n) is 8.03. The van der Waals surface area contributed by atoms with Crippen molar-refractivity contribution in [1.82, 2.24) is 0 Å². The van der Waals surface area contributed by atoms with Gasteiger partial charge in [-0.3, -0.25) is 0 Å². The van der Waals surface area contributed by atoms with Crippen LogP contribution in [0.3, 0.4) is 0 Å². The number of rotatable bonds is 4. The fraction of sp³-hybridized carbons (Fsp3) is 0.400. The van der Waals surface area contributed by atoms with Gasteiger partial charge >= 0.3 is 0 Å². The van der Waals surface area contributed by atoms with Gasteiger partial charge in [-0.05, 0) is 31.9 Å². The fourth-order valence-electron chi connectivity index (χ4n) is 3.49. The summed E-state index contributed by atoms with van der Waals surface area (Å²) in [5.74, 6) is 1.45. The van der Waals surface area contributed by atoms with Gasteiger partial charge in [0.2, 0.25) is 0 Å². The van der Waals surface area contributed by atoms with E-state index in [-0.39, 0.29) is 6.10 Å². The standard InChI is InChI=1S/C20H24O/c1-4-5-9-19-20(16-12-14(2)11-15(3)13-16)17-8-6-7-10-18(17)21-19/h6-8,10-13,19-20H,4-5,9H2,1-3H3. The van der Waals surface area contributed by atoms with Gasteiger partial charge < -0.3 is 4.74 Å². The Kier molecular flexibility index (Phi) is 4.01. The molecule has 21 heavy (non-hydrogen) atoms. The molecule has 1 aliphatic heterocycles. The molecule has 2 aromatic carbocycles. The Hall–Kier alpha value is -1.76. The van der Waals surface area contributed by atoms with Gasteiger partial charge in [0.05, 0.1) is 0 Å². The molecular weight excluding hydrogens is 256 g/mol. The van der Waals surface area contributed by atoms with E-state index in [1.165, 1.54) is 35.1 Å². The molecule has 2 unspecified atom stereocenters. The number of aryl methyl sites for hydroxylation is 2. The van der Waals surface area contributed by atoms with Crippen LogP contribution >= 0.6 is 0 Å². The maximum atomic E-state index is 6.26. The van der Waals surface area contributed by atoms with Crippen molar-refractivity contribution in [2.24, 2.45) is 0 Å². The Morgan fingerprint density at radius 2 is 1.71 bits per heavy atom. The highest BCUT2D eigenvalue weighted by Crippen LogP contribution is 2.44. The van der Waals surface area contributed by atoms with Gasteiger partial charge in [0.25, 0.3) is 0 Å². The number of unbranched alkanes of at least 4 members (excludes halogenated alkanes) is 1. The Labute approximate surface area is 128 Å². The van der Waals surface area contributed by atoms with Crippen LogP contribution in [0.15, 0.2) is 42.5 Å². The van der Waals surface area contributed by atoms with Crippen LogP contribution in [0.25, 0.3) is 0 Å². The van der Waals surface area contributed by atoms with E-state index in [0.717, 1.165) is 12.2 Å². The molecule has 0 spiro atoms. The first kappa shape index (κ1) is 14.2. The molecule has 1 nitrogen and oxygen atoms in total. The van der Waals surface area contributed by atoms with Crippen LogP contribution in [0.4, 0.5) is 0 Å². The maximum absolute atomic E-state index is 6.26. The lowest BCUT2D eigenvalue weighted by Crippen LogP contribution is -2.20. The molecule has 0 aromatic heterocycles. The Bertz CT molecular complexity index is 609. The summed E-state index contributed by atoms with van der Waals surface area (Å²) >= 11 is 0. The Morgan fingerprint density at radius 1 is 1.00 bits per heavy atom. The smallest absolute Gasteiger partial charge is 0.123 e. The zero-order chi connectivity index (χ0) is 14.8. The summed E-state index contributed by atoms with van der Waals surface area (Å²) in [6.07, 6.45) is 3.85. The third kappa shape index (κ3) is 2.83. The van der Waals surface area contributed by atoms with Crippen molar-refractivity contribution in [2.75, 3.05) is 0 Å². The van der Waals surface area contributed by atoms with E-state index >= 15 is 0 Å². The third-order valence-electron chi connectivity index (χ3n) is 4.35. The predicted octanol–water partition coefficient (Wildman–Crippen LogP) is 5.39. The summed E-state index contributed by atoms with van der Waals surface area (Å²) < 4.78 is 6.26. The zero-order valence-electron chi connectivity index (χ0n) is 13.2. The minimum atomic E-state index is 0.281. The van der Waals surface area contributed by atoms with Crippen molar-refractivity contribution in [1.29, 1.82) is 0 Å². The minimum Gasteiger partial charge on any atom is -0.489 e. The molecular formula is C20H24O. The van der Waals surface area contributed by atoms with E-state index in [1.54, 1.807) is 0 Å². The highest BCUT2D eigenvalue weighted by molar-refractivity contribution is 5.48. The number of fused-ring (bicyclic) bond motifs is 1. The third-order valence-corrected chi connectivity index (χ3v) is 4.35. The Balaban J connectivity index is 2.02. The monoisotopic (exact) mass is 280 g/mol. The molecule has 0 radical (unpaired) electrons. The van der Waals surface area contributed by atoms with Gasteiger partial charge in [-0.2, -0.15) is 0 Å². The molecule has 2 atom stereocenters. The van der Waals surface area contributed by atoms with Crippen LogP contribution in [0, 0.1) is 13.8 Å². The molecule has 0 fully saturated rings. The summed E-state index contributed by atoms with van der Waals surface area (Å²) in [5.41, 5.74) is 5.43. The van der Waals surface area contributed by atoms with Gasteiger partial charge in [0.1, 0.15) is 11.9 Å². The van der Waals surface area contributed by atoms with Gasteiger partial charge in [0.15, 0.2) is 0 Å². The van der Waals surface area contributed by atoms with Crippen LogP contribution in [-0.4, -0.2) is 6.10 Å². The zero-order valence-corrected chi connectivity index (χ0v) is 13.2. The summed E-state index contributed by atoms with van der Waals surface area (Å²) in [7, 11) is 0. The van der Waals surface area contributed by atoms with E-state index < -0.39 is 0 Å². The molecule has 0 amide bonds. The second-order valence-corrected chi connectivity index (χ2v) is 6.24. The maximum Gasteiger partial charge on any atom is 0.123 e. The van der Waals surface area contributed by atoms with Crippen LogP contribution in [0.2, 0.25) is 0 Å². The van der Waals surface area contributed by atoms with Crippen LogP contribution < -0.4 is 4.74 Å². The molecule has 2 aromatic rings. The van der Waals surface area contributed by atoms with E-state index in [9.17, 15) is 0 Å². The lowest BCUT2D eigenvalue weighted by Gasteiger charge is -2.20. The molecule has 1 heteroatoms. The lowest BCUT2D eigenvalue weighted by molar-refractivity contribution is 0.202.